The smallest absolute Gasteiger partial charge is 0.146 e. The summed E-state index contributed by atoms with van der Waals surface area (Å²) in [5.74, 6) is 1.32. The fraction of sp³-hybridized carbons (Fsp3) is 0.600. The first-order chi connectivity index (χ1) is 8.79. The summed E-state index contributed by atoms with van der Waals surface area (Å²) < 4.78 is 2.33. The van der Waals surface area contributed by atoms with Crippen LogP contribution in [-0.2, 0) is 5.54 Å². The molecule has 0 atom stereocenters. The van der Waals surface area contributed by atoms with Crippen molar-refractivity contribution in [1.29, 1.82) is 0 Å². The van der Waals surface area contributed by atoms with Crippen LogP contribution >= 0.6 is 0 Å². The first kappa shape index (κ1) is 13.8. The van der Waals surface area contributed by atoms with Crippen LogP contribution in [0.15, 0.2) is 0 Å². The number of nitrogens with two attached hydrogens (primary N) is 1. The van der Waals surface area contributed by atoms with E-state index in [0.717, 1.165) is 29.7 Å². The second-order valence-electron chi connectivity index (χ2n) is 5.96. The van der Waals surface area contributed by atoms with Gasteiger partial charge in [0.25, 0.3) is 0 Å². The van der Waals surface area contributed by atoms with Crippen molar-refractivity contribution in [2.24, 2.45) is 0 Å². The largest absolute Gasteiger partial charge is 0.383 e. The maximum Gasteiger partial charge on any atom is 0.146 e. The third-order valence-corrected chi connectivity index (χ3v) is 3.96. The molecule has 4 nitrogen and oxygen atoms in total. The Morgan fingerprint density at radius 1 is 1.16 bits per heavy atom. The van der Waals surface area contributed by atoms with Gasteiger partial charge in [0, 0.05) is 11.2 Å². The van der Waals surface area contributed by atoms with E-state index in [9.17, 15) is 0 Å². The first-order valence-corrected chi connectivity index (χ1v) is 6.91. The van der Waals surface area contributed by atoms with Gasteiger partial charge >= 0.3 is 0 Å². The lowest BCUT2D eigenvalue weighted by molar-refractivity contribution is 0.327. The Balaban J connectivity index is 2.85. The highest BCUT2D eigenvalue weighted by molar-refractivity contribution is 5.91. The Labute approximate surface area is 115 Å². The minimum atomic E-state index is 0.0403. The standard InChI is InChI=1S/C15H24N4/c1-7-8-15(5,6)19-10(3)9(2)12-13(16)17-11(4)18-14(12)19/h7-8H2,1-6H3,(H2,16,17,18). The average Bonchev–Trinajstić information content (AvgIpc) is 2.51. The van der Waals surface area contributed by atoms with Gasteiger partial charge in [-0.15, -0.1) is 0 Å². The molecule has 0 aliphatic rings. The molecule has 0 unspecified atom stereocenters. The molecule has 0 radical (unpaired) electrons. The topological polar surface area (TPSA) is 56.7 Å². The van der Waals surface area contributed by atoms with Crippen molar-refractivity contribution in [3.8, 4) is 0 Å². The SMILES string of the molecule is CCCC(C)(C)n1c(C)c(C)c2c(N)nc(C)nc21. The zero-order valence-electron chi connectivity index (χ0n) is 12.8. The second-order valence-corrected chi connectivity index (χ2v) is 5.96. The molecular weight excluding hydrogens is 236 g/mol. The summed E-state index contributed by atoms with van der Waals surface area (Å²) in [6.45, 7) is 12.9. The fourth-order valence-electron chi connectivity index (χ4n) is 3.07. The molecule has 0 bridgehead atoms. The predicted octanol–water partition coefficient (Wildman–Crippen LogP) is 3.47. The Bertz CT molecular complexity index is 623. The Hall–Kier alpha value is -1.58. The zero-order chi connectivity index (χ0) is 14.4. The number of fused-ring (bicyclic) bond motifs is 1. The van der Waals surface area contributed by atoms with E-state index >= 15 is 0 Å². The van der Waals surface area contributed by atoms with Gasteiger partial charge in [-0.2, -0.15) is 0 Å². The monoisotopic (exact) mass is 260 g/mol. The lowest BCUT2D eigenvalue weighted by Crippen LogP contribution is -2.27. The third kappa shape index (κ3) is 2.09. The van der Waals surface area contributed by atoms with Crippen molar-refractivity contribution in [2.45, 2.75) is 59.9 Å². The highest BCUT2D eigenvalue weighted by Gasteiger charge is 2.26. The van der Waals surface area contributed by atoms with Gasteiger partial charge in [0.1, 0.15) is 17.3 Å². The summed E-state index contributed by atoms with van der Waals surface area (Å²) in [5, 5.41) is 1.01. The van der Waals surface area contributed by atoms with E-state index in [1.54, 1.807) is 0 Å². The molecule has 4 heteroatoms. The van der Waals surface area contributed by atoms with Gasteiger partial charge in [-0.25, -0.2) is 9.97 Å². The maximum atomic E-state index is 6.09. The molecule has 2 aromatic rings. The zero-order valence-corrected chi connectivity index (χ0v) is 12.8. The Morgan fingerprint density at radius 3 is 2.37 bits per heavy atom. The van der Waals surface area contributed by atoms with Crippen molar-refractivity contribution in [3.05, 3.63) is 17.1 Å². The normalized spacial score (nSPS) is 12.3. The van der Waals surface area contributed by atoms with Crippen LogP contribution in [0, 0.1) is 20.8 Å². The number of hydrogen-bond acceptors (Lipinski definition) is 3. The lowest BCUT2D eigenvalue weighted by atomic mass is 9.98. The van der Waals surface area contributed by atoms with Crippen molar-refractivity contribution in [2.75, 3.05) is 5.73 Å². The minimum Gasteiger partial charge on any atom is -0.383 e. The van der Waals surface area contributed by atoms with E-state index in [1.807, 2.05) is 6.92 Å². The number of nitrogen functional groups attached to an aromatic ring is 1. The van der Waals surface area contributed by atoms with Crippen LogP contribution in [0.5, 0.6) is 0 Å². The van der Waals surface area contributed by atoms with Crippen LogP contribution in [0.1, 0.15) is 50.7 Å². The molecule has 0 spiro atoms. The molecule has 0 aliphatic heterocycles. The average molecular weight is 260 g/mol. The van der Waals surface area contributed by atoms with E-state index in [4.69, 9.17) is 5.73 Å². The number of aromatic nitrogens is 3. The summed E-state index contributed by atoms with van der Waals surface area (Å²) in [4.78, 5) is 8.94. The van der Waals surface area contributed by atoms with Crippen molar-refractivity contribution in [3.63, 3.8) is 0 Å². The highest BCUT2D eigenvalue weighted by atomic mass is 15.1. The number of anilines is 1. The van der Waals surface area contributed by atoms with E-state index in [2.05, 4.69) is 49.2 Å². The minimum absolute atomic E-state index is 0.0403. The predicted molar refractivity (Wildman–Crippen MR) is 80.4 cm³/mol. The van der Waals surface area contributed by atoms with Gasteiger partial charge in [-0.3, -0.25) is 0 Å². The van der Waals surface area contributed by atoms with Gasteiger partial charge in [0.05, 0.1) is 5.39 Å². The summed E-state index contributed by atoms with van der Waals surface area (Å²) in [7, 11) is 0. The summed E-state index contributed by atoms with van der Waals surface area (Å²) in [6, 6.07) is 0. The summed E-state index contributed by atoms with van der Waals surface area (Å²) in [5.41, 5.74) is 9.53. The van der Waals surface area contributed by atoms with Crippen LogP contribution in [0.3, 0.4) is 0 Å². The van der Waals surface area contributed by atoms with Gasteiger partial charge in [-0.05, 0) is 46.6 Å². The summed E-state index contributed by atoms with van der Waals surface area (Å²) in [6.07, 6.45) is 2.25. The number of hydrogen-bond donors (Lipinski definition) is 1. The third-order valence-electron chi connectivity index (χ3n) is 3.96. The number of rotatable bonds is 3. The van der Waals surface area contributed by atoms with E-state index < -0.39 is 0 Å². The van der Waals surface area contributed by atoms with Crippen molar-refractivity contribution in [1.82, 2.24) is 14.5 Å². The van der Waals surface area contributed by atoms with Crippen LogP contribution in [0.2, 0.25) is 0 Å². The van der Waals surface area contributed by atoms with E-state index in [1.165, 1.54) is 11.3 Å². The van der Waals surface area contributed by atoms with Gasteiger partial charge < -0.3 is 10.3 Å². The highest BCUT2D eigenvalue weighted by Crippen LogP contribution is 2.34. The van der Waals surface area contributed by atoms with Crippen LogP contribution in [0.4, 0.5) is 5.82 Å². The molecule has 0 saturated carbocycles. The molecule has 0 amide bonds. The van der Waals surface area contributed by atoms with Crippen molar-refractivity contribution < 1.29 is 0 Å². The molecule has 2 aromatic heterocycles. The molecule has 104 valence electrons. The fourth-order valence-corrected chi connectivity index (χ4v) is 3.07. The van der Waals surface area contributed by atoms with Crippen LogP contribution in [0.25, 0.3) is 11.0 Å². The Kier molecular flexibility index (Phi) is 3.29. The Morgan fingerprint density at radius 2 is 1.79 bits per heavy atom. The first-order valence-electron chi connectivity index (χ1n) is 6.91. The molecule has 0 saturated heterocycles. The summed E-state index contributed by atoms with van der Waals surface area (Å²) >= 11 is 0. The quantitative estimate of drug-likeness (QED) is 0.919. The maximum absolute atomic E-state index is 6.09. The molecule has 2 heterocycles. The van der Waals surface area contributed by atoms with Crippen molar-refractivity contribution >= 4 is 16.9 Å². The molecule has 0 aliphatic carbocycles. The lowest BCUT2D eigenvalue weighted by Gasteiger charge is -2.29. The van der Waals surface area contributed by atoms with Crippen LogP contribution < -0.4 is 5.73 Å². The molecule has 2 N–H and O–H groups in total. The van der Waals surface area contributed by atoms with Gasteiger partial charge in [-0.1, -0.05) is 13.3 Å². The molecule has 0 aromatic carbocycles. The second kappa shape index (κ2) is 4.51. The number of aryl methyl sites for hydroxylation is 2. The molecule has 19 heavy (non-hydrogen) atoms. The number of nitrogens with zero attached hydrogens (tertiary/aromatic N) is 3. The van der Waals surface area contributed by atoms with Gasteiger partial charge in [0.2, 0.25) is 0 Å². The molecular formula is C15H24N4. The van der Waals surface area contributed by atoms with E-state index in [-0.39, 0.29) is 5.54 Å². The van der Waals surface area contributed by atoms with E-state index in [0.29, 0.717) is 5.82 Å². The molecule has 0 fully saturated rings. The molecule has 2 rings (SSSR count). The van der Waals surface area contributed by atoms with Gasteiger partial charge in [0.15, 0.2) is 0 Å². The van der Waals surface area contributed by atoms with Crippen LogP contribution in [-0.4, -0.2) is 14.5 Å².